The third kappa shape index (κ3) is 1.71. The van der Waals surface area contributed by atoms with Crippen molar-refractivity contribution in [3.8, 4) is 0 Å². The number of hydrogen-bond acceptors (Lipinski definition) is 5. The Balaban J connectivity index is 2.07. The molecule has 0 saturated heterocycles. The zero-order chi connectivity index (χ0) is 10.2. The molecule has 1 saturated carbocycles. The van der Waals surface area contributed by atoms with Gasteiger partial charge in [0, 0.05) is 5.38 Å². The molecule has 14 heavy (non-hydrogen) atoms. The molecular formula is C8H10N2O3S. The Morgan fingerprint density at radius 1 is 1.71 bits per heavy atom. The Morgan fingerprint density at radius 2 is 2.43 bits per heavy atom. The van der Waals surface area contributed by atoms with Crippen molar-refractivity contribution >= 4 is 22.4 Å². The first-order chi connectivity index (χ1) is 6.65. The highest BCUT2D eigenvalue weighted by Crippen LogP contribution is 2.38. The van der Waals surface area contributed by atoms with Gasteiger partial charge < -0.3 is 15.5 Å². The fraction of sp³-hybridized carbons (Fsp3) is 0.500. The van der Waals surface area contributed by atoms with E-state index >= 15 is 0 Å². The van der Waals surface area contributed by atoms with Gasteiger partial charge in [-0.05, 0) is 12.8 Å². The van der Waals surface area contributed by atoms with Gasteiger partial charge in [-0.15, -0.1) is 11.3 Å². The molecule has 1 aromatic rings. The van der Waals surface area contributed by atoms with Crippen LogP contribution in [0.15, 0.2) is 5.38 Å². The number of thiazole rings is 1. The van der Waals surface area contributed by atoms with Gasteiger partial charge in [0.15, 0.2) is 10.8 Å². The van der Waals surface area contributed by atoms with Crippen LogP contribution in [-0.2, 0) is 0 Å². The highest BCUT2D eigenvalue weighted by molar-refractivity contribution is 7.13. The Bertz CT molecular complexity index is 359. The molecule has 5 nitrogen and oxygen atoms in total. The van der Waals surface area contributed by atoms with Gasteiger partial charge in [0.05, 0.1) is 12.1 Å². The second-order valence-electron chi connectivity index (χ2n) is 3.41. The van der Waals surface area contributed by atoms with E-state index in [-0.39, 0.29) is 17.8 Å². The highest BCUT2D eigenvalue weighted by atomic mass is 32.1. The maximum Gasteiger partial charge on any atom is 0.355 e. The molecule has 0 unspecified atom stereocenters. The summed E-state index contributed by atoms with van der Waals surface area (Å²) in [5.41, 5.74) is -0.195. The zero-order valence-corrected chi connectivity index (χ0v) is 8.17. The van der Waals surface area contributed by atoms with E-state index in [2.05, 4.69) is 10.3 Å². The van der Waals surface area contributed by atoms with Crippen LogP contribution in [0.5, 0.6) is 0 Å². The number of anilines is 1. The number of aliphatic hydroxyl groups is 1. The fourth-order valence-corrected chi connectivity index (χ4v) is 1.93. The van der Waals surface area contributed by atoms with E-state index in [9.17, 15) is 4.79 Å². The third-order valence-corrected chi connectivity index (χ3v) is 3.01. The van der Waals surface area contributed by atoms with E-state index in [4.69, 9.17) is 10.2 Å². The van der Waals surface area contributed by atoms with Crippen molar-refractivity contribution in [1.82, 2.24) is 4.98 Å². The molecule has 6 heteroatoms. The quantitative estimate of drug-likeness (QED) is 0.690. The van der Waals surface area contributed by atoms with Crippen LogP contribution in [0.1, 0.15) is 23.3 Å². The lowest BCUT2D eigenvalue weighted by atomic mass is 10.3. The molecule has 0 aromatic carbocycles. The van der Waals surface area contributed by atoms with Crippen LogP contribution in [0.3, 0.4) is 0 Å². The van der Waals surface area contributed by atoms with Crippen molar-refractivity contribution in [2.24, 2.45) is 0 Å². The van der Waals surface area contributed by atoms with Gasteiger partial charge in [-0.2, -0.15) is 0 Å². The maximum absolute atomic E-state index is 10.5. The number of nitrogens with zero attached hydrogens (tertiary/aromatic N) is 1. The molecule has 1 aliphatic rings. The molecule has 0 amide bonds. The van der Waals surface area contributed by atoms with Crippen LogP contribution in [-0.4, -0.2) is 33.3 Å². The number of rotatable bonds is 4. The minimum absolute atomic E-state index is 0.0474. The summed E-state index contributed by atoms with van der Waals surface area (Å²) >= 11 is 1.25. The van der Waals surface area contributed by atoms with Gasteiger partial charge >= 0.3 is 5.97 Å². The zero-order valence-electron chi connectivity index (χ0n) is 7.36. The smallest absolute Gasteiger partial charge is 0.355 e. The first-order valence-corrected chi connectivity index (χ1v) is 5.11. The average molecular weight is 214 g/mol. The number of aromatic carboxylic acids is 1. The molecule has 76 valence electrons. The molecule has 0 spiro atoms. The van der Waals surface area contributed by atoms with Crippen LogP contribution in [0.2, 0.25) is 0 Å². The number of aliphatic hydroxyl groups excluding tert-OH is 1. The van der Waals surface area contributed by atoms with Crippen molar-refractivity contribution in [3.05, 3.63) is 11.1 Å². The van der Waals surface area contributed by atoms with Gasteiger partial charge in [0.2, 0.25) is 0 Å². The minimum atomic E-state index is -1.02. The molecular weight excluding hydrogens is 204 g/mol. The van der Waals surface area contributed by atoms with Crippen LogP contribution < -0.4 is 5.32 Å². The summed E-state index contributed by atoms with van der Waals surface area (Å²) in [6.07, 6.45) is 1.82. The van der Waals surface area contributed by atoms with Gasteiger partial charge in [0.1, 0.15) is 0 Å². The van der Waals surface area contributed by atoms with E-state index < -0.39 is 5.97 Å². The number of hydrogen-bond donors (Lipinski definition) is 3. The Labute approximate surface area is 84.4 Å². The molecule has 0 aliphatic heterocycles. The predicted octanol–water partition coefficient (Wildman–Crippen LogP) is 0.778. The first-order valence-electron chi connectivity index (χ1n) is 4.23. The number of carboxylic acid groups (broad SMARTS) is 1. The normalized spacial score (nSPS) is 17.8. The molecule has 0 bridgehead atoms. The summed E-state index contributed by atoms with van der Waals surface area (Å²) in [7, 11) is 0. The molecule has 0 radical (unpaired) electrons. The summed E-state index contributed by atoms with van der Waals surface area (Å²) in [5, 5.41) is 22.8. The second kappa shape index (κ2) is 3.21. The number of carbonyl (C=O) groups is 1. The average Bonchev–Trinajstić information content (AvgIpc) is 2.75. The minimum Gasteiger partial charge on any atom is -0.476 e. The van der Waals surface area contributed by atoms with Crippen LogP contribution in [0, 0.1) is 0 Å². The van der Waals surface area contributed by atoms with Crippen molar-refractivity contribution in [1.29, 1.82) is 0 Å². The summed E-state index contributed by atoms with van der Waals surface area (Å²) in [6.45, 7) is 0.0645. The van der Waals surface area contributed by atoms with E-state index in [1.807, 2.05) is 0 Å². The largest absolute Gasteiger partial charge is 0.476 e. The lowest BCUT2D eigenvalue weighted by Crippen LogP contribution is -2.25. The maximum atomic E-state index is 10.5. The van der Waals surface area contributed by atoms with Crippen molar-refractivity contribution in [2.75, 3.05) is 11.9 Å². The molecule has 2 rings (SSSR count). The Morgan fingerprint density at radius 3 is 2.86 bits per heavy atom. The lowest BCUT2D eigenvalue weighted by molar-refractivity contribution is 0.0691. The standard InChI is InChI=1S/C8H10N2O3S/c11-4-8(1-2-8)10-7-9-5(3-14-7)6(12)13/h3,11H,1-2,4H2,(H,9,10)(H,12,13). The van der Waals surface area contributed by atoms with E-state index in [1.54, 1.807) is 0 Å². The predicted molar refractivity (Wildman–Crippen MR) is 51.7 cm³/mol. The Kier molecular flexibility index (Phi) is 2.16. The van der Waals surface area contributed by atoms with Crippen LogP contribution >= 0.6 is 11.3 Å². The van der Waals surface area contributed by atoms with Gasteiger partial charge in [-0.3, -0.25) is 0 Å². The molecule has 1 aromatic heterocycles. The van der Waals surface area contributed by atoms with Crippen LogP contribution in [0.4, 0.5) is 5.13 Å². The fourth-order valence-electron chi connectivity index (χ4n) is 1.13. The molecule has 3 N–H and O–H groups in total. The second-order valence-corrected chi connectivity index (χ2v) is 4.26. The van der Waals surface area contributed by atoms with Crippen molar-refractivity contribution < 1.29 is 15.0 Å². The SMILES string of the molecule is O=C(O)c1csc(NC2(CO)CC2)n1. The summed E-state index contributed by atoms with van der Waals surface area (Å²) < 4.78 is 0. The van der Waals surface area contributed by atoms with Crippen molar-refractivity contribution in [2.45, 2.75) is 18.4 Å². The van der Waals surface area contributed by atoms with Gasteiger partial charge in [0.25, 0.3) is 0 Å². The van der Waals surface area contributed by atoms with Crippen LogP contribution in [0.25, 0.3) is 0 Å². The third-order valence-electron chi connectivity index (χ3n) is 2.25. The van der Waals surface area contributed by atoms with E-state index in [0.29, 0.717) is 5.13 Å². The summed E-state index contributed by atoms with van der Waals surface area (Å²) in [4.78, 5) is 14.4. The van der Waals surface area contributed by atoms with Gasteiger partial charge in [-0.25, -0.2) is 9.78 Å². The van der Waals surface area contributed by atoms with E-state index in [0.717, 1.165) is 12.8 Å². The molecule has 1 fully saturated rings. The van der Waals surface area contributed by atoms with Crippen molar-refractivity contribution in [3.63, 3.8) is 0 Å². The number of carboxylic acids is 1. The first kappa shape index (κ1) is 9.42. The molecule has 0 atom stereocenters. The summed E-state index contributed by atoms with van der Waals surface area (Å²) in [5.74, 6) is -1.02. The number of aromatic nitrogens is 1. The van der Waals surface area contributed by atoms with E-state index in [1.165, 1.54) is 16.7 Å². The van der Waals surface area contributed by atoms with Gasteiger partial charge in [-0.1, -0.05) is 0 Å². The Hall–Kier alpha value is -1.14. The monoisotopic (exact) mass is 214 g/mol. The molecule has 1 heterocycles. The topological polar surface area (TPSA) is 82.5 Å². The lowest BCUT2D eigenvalue weighted by Gasteiger charge is -2.11. The molecule has 1 aliphatic carbocycles. The summed E-state index contributed by atoms with van der Waals surface area (Å²) in [6, 6.07) is 0. The highest BCUT2D eigenvalue weighted by Gasteiger charge is 2.42. The number of nitrogens with one attached hydrogen (secondary N) is 1.